The van der Waals surface area contributed by atoms with Crippen LogP contribution in [0.4, 0.5) is 5.69 Å². The van der Waals surface area contributed by atoms with Gasteiger partial charge >= 0.3 is 20.9 Å². The van der Waals surface area contributed by atoms with E-state index >= 15 is 0 Å². The zero-order valence-electron chi connectivity index (χ0n) is 15.3. The summed E-state index contributed by atoms with van der Waals surface area (Å²) in [6.45, 7) is -0.0399. The standard InChI is InChI=1S/C14H22N2O11P2/c1-15(7-5-14(18,28(21,22)23)29(24,25)26)6-2-8-27-13-9-11(10-17)3-4-12(13)16(19)20/h3-4,9-10,18H,2,5-8H2,1H3,(H2,21,22,23)(H2,24,25,26). The monoisotopic (exact) mass is 456 g/mol. The van der Waals surface area contributed by atoms with Crippen LogP contribution in [0.2, 0.25) is 0 Å². The molecule has 0 fully saturated rings. The highest BCUT2D eigenvalue weighted by molar-refractivity contribution is 7.72. The average molecular weight is 456 g/mol. The normalized spacial score (nSPS) is 12.8. The highest BCUT2D eigenvalue weighted by Crippen LogP contribution is 2.68. The van der Waals surface area contributed by atoms with E-state index in [1.165, 1.54) is 24.1 Å². The van der Waals surface area contributed by atoms with Crippen LogP contribution in [-0.4, -0.2) is 72.6 Å². The zero-order valence-corrected chi connectivity index (χ0v) is 17.1. The second-order valence-electron chi connectivity index (χ2n) is 6.22. The third kappa shape index (κ3) is 6.66. The summed E-state index contributed by atoms with van der Waals surface area (Å²) < 4.78 is 27.9. The van der Waals surface area contributed by atoms with E-state index in [9.17, 15) is 29.1 Å². The number of rotatable bonds is 12. The molecule has 0 amide bonds. The van der Waals surface area contributed by atoms with Crippen molar-refractivity contribution in [1.29, 1.82) is 0 Å². The van der Waals surface area contributed by atoms with Crippen molar-refractivity contribution >= 4 is 27.2 Å². The molecule has 0 radical (unpaired) electrons. The predicted molar refractivity (Wildman–Crippen MR) is 99.7 cm³/mol. The van der Waals surface area contributed by atoms with Gasteiger partial charge in [-0.3, -0.25) is 24.0 Å². The molecule has 29 heavy (non-hydrogen) atoms. The summed E-state index contributed by atoms with van der Waals surface area (Å²) in [5.74, 6) is -0.0976. The molecule has 0 bridgehead atoms. The maximum Gasteiger partial charge on any atom is 0.369 e. The number of nitro groups is 1. The van der Waals surface area contributed by atoms with E-state index in [1.807, 2.05) is 0 Å². The van der Waals surface area contributed by atoms with Gasteiger partial charge < -0.3 is 34.3 Å². The lowest BCUT2D eigenvalue weighted by molar-refractivity contribution is -0.385. The molecule has 1 aromatic carbocycles. The summed E-state index contributed by atoms with van der Waals surface area (Å²) in [6, 6.07) is 3.63. The van der Waals surface area contributed by atoms with Gasteiger partial charge in [0.15, 0.2) is 5.75 Å². The number of aldehydes is 1. The Morgan fingerprint density at radius 2 is 1.79 bits per heavy atom. The summed E-state index contributed by atoms with van der Waals surface area (Å²) in [7, 11) is -9.54. The number of ether oxygens (including phenoxy) is 1. The van der Waals surface area contributed by atoms with Gasteiger partial charge in [-0.2, -0.15) is 0 Å². The first kappa shape index (κ1) is 25.3. The Morgan fingerprint density at radius 1 is 1.21 bits per heavy atom. The minimum absolute atomic E-state index is 0.00521. The van der Waals surface area contributed by atoms with E-state index in [-0.39, 0.29) is 43.1 Å². The molecule has 164 valence electrons. The number of benzene rings is 1. The first-order valence-corrected chi connectivity index (χ1v) is 11.3. The molecule has 15 heteroatoms. The maximum absolute atomic E-state index is 11.3. The van der Waals surface area contributed by atoms with E-state index in [0.29, 0.717) is 6.29 Å². The van der Waals surface area contributed by atoms with Crippen molar-refractivity contribution in [2.45, 2.75) is 17.9 Å². The Hall–Kier alpha value is -1.69. The molecule has 5 N–H and O–H groups in total. The van der Waals surface area contributed by atoms with Gasteiger partial charge in [0.2, 0.25) is 0 Å². The molecule has 0 atom stereocenters. The Morgan fingerprint density at radius 3 is 2.28 bits per heavy atom. The molecule has 0 saturated heterocycles. The van der Waals surface area contributed by atoms with E-state index in [0.717, 1.165) is 6.07 Å². The predicted octanol–water partition coefficient (Wildman–Crippen LogP) is 0.500. The fourth-order valence-corrected chi connectivity index (χ4v) is 4.44. The largest absolute Gasteiger partial charge is 0.487 e. The number of hydrogen-bond donors (Lipinski definition) is 5. The van der Waals surface area contributed by atoms with Crippen LogP contribution in [0.5, 0.6) is 5.75 Å². The molecule has 0 unspecified atom stereocenters. The maximum atomic E-state index is 11.3. The quantitative estimate of drug-likeness (QED) is 0.0957. The van der Waals surface area contributed by atoms with Gasteiger partial charge in [-0.1, -0.05) is 0 Å². The van der Waals surface area contributed by atoms with E-state index in [4.69, 9.17) is 24.3 Å². The summed E-state index contributed by atoms with van der Waals surface area (Å²) in [4.78, 5) is 58.9. The fraction of sp³-hybridized carbons (Fsp3) is 0.500. The molecule has 1 rings (SSSR count). The number of hydrogen-bond acceptors (Lipinski definition) is 8. The Bertz CT molecular complexity index is 813. The smallest absolute Gasteiger partial charge is 0.369 e. The Kier molecular flexibility index (Phi) is 8.63. The van der Waals surface area contributed by atoms with Gasteiger partial charge in [0, 0.05) is 31.1 Å². The van der Waals surface area contributed by atoms with Crippen molar-refractivity contribution in [1.82, 2.24) is 4.90 Å². The van der Waals surface area contributed by atoms with Gasteiger partial charge in [0.05, 0.1) is 11.5 Å². The molecular weight excluding hydrogens is 434 g/mol. The van der Waals surface area contributed by atoms with E-state index in [2.05, 4.69) is 0 Å². The molecule has 13 nitrogen and oxygen atoms in total. The van der Waals surface area contributed by atoms with Crippen LogP contribution in [0.25, 0.3) is 0 Å². The molecule has 0 heterocycles. The summed E-state index contributed by atoms with van der Waals surface area (Å²) >= 11 is 0. The molecule has 1 aromatic rings. The van der Waals surface area contributed by atoms with Gasteiger partial charge in [-0.05, 0) is 25.6 Å². The molecule has 0 saturated carbocycles. The van der Waals surface area contributed by atoms with Gasteiger partial charge in [-0.25, -0.2) is 0 Å². The number of aliphatic hydroxyl groups is 1. The summed E-state index contributed by atoms with van der Waals surface area (Å²) in [5, 5.41) is 17.3. The van der Waals surface area contributed by atoms with Crippen LogP contribution >= 0.6 is 15.2 Å². The molecule has 0 aromatic heterocycles. The number of nitrogens with zero attached hydrogens (tertiary/aromatic N) is 2. The van der Waals surface area contributed by atoms with Gasteiger partial charge in [0.1, 0.15) is 6.29 Å². The SMILES string of the molecule is CN(CCCOc1cc(C=O)ccc1[N+](=O)[O-])CCC(O)(P(=O)(O)O)P(=O)(O)O. The highest BCUT2D eigenvalue weighted by atomic mass is 31.2. The van der Waals surface area contributed by atoms with Crippen molar-refractivity contribution < 1.29 is 48.3 Å². The molecule has 0 spiro atoms. The van der Waals surface area contributed by atoms with E-state index < -0.39 is 31.6 Å². The second kappa shape index (κ2) is 9.88. The van der Waals surface area contributed by atoms with Gasteiger partial charge in [0.25, 0.3) is 5.08 Å². The Balaban J connectivity index is 2.62. The van der Waals surface area contributed by atoms with Crippen LogP contribution < -0.4 is 4.74 Å². The molecule has 0 aliphatic heterocycles. The molecule has 0 aliphatic carbocycles. The number of carbonyl (C=O) groups is 1. The van der Waals surface area contributed by atoms with Crippen molar-refractivity contribution in [2.24, 2.45) is 0 Å². The van der Waals surface area contributed by atoms with Crippen molar-refractivity contribution in [3.63, 3.8) is 0 Å². The number of nitro benzene ring substituents is 1. The highest BCUT2D eigenvalue weighted by Gasteiger charge is 2.58. The first-order chi connectivity index (χ1) is 13.2. The minimum atomic E-state index is -5.51. The van der Waals surface area contributed by atoms with Crippen molar-refractivity contribution in [3.05, 3.63) is 33.9 Å². The van der Waals surface area contributed by atoms with Crippen molar-refractivity contribution in [2.75, 3.05) is 26.7 Å². The lowest BCUT2D eigenvalue weighted by Gasteiger charge is -2.30. The topological polar surface area (TPSA) is 208 Å². The van der Waals surface area contributed by atoms with Crippen LogP contribution in [0.3, 0.4) is 0 Å². The minimum Gasteiger partial charge on any atom is -0.487 e. The third-order valence-corrected chi connectivity index (χ3v) is 7.90. The second-order valence-corrected chi connectivity index (χ2v) is 10.2. The van der Waals surface area contributed by atoms with Crippen LogP contribution in [-0.2, 0) is 9.13 Å². The lowest BCUT2D eigenvalue weighted by Crippen LogP contribution is -2.34. The van der Waals surface area contributed by atoms with Gasteiger partial charge in [-0.15, -0.1) is 0 Å². The third-order valence-electron chi connectivity index (χ3n) is 4.02. The van der Waals surface area contributed by atoms with Crippen LogP contribution in [0.1, 0.15) is 23.2 Å². The summed E-state index contributed by atoms with van der Waals surface area (Å²) in [6.07, 6.45) is -0.0947. The fourth-order valence-electron chi connectivity index (χ4n) is 2.30. The molecular formula is C14H22N2O11P2. The summed E-state index contributed by atoms with van der Waals surface area (Å²) in [5.41, 5.74) is -0.130. The lowest BCUT2D eigenvalue weighted by atomic mass is 10.2. The first-order valence-electron chi connectivity index (χ1n) is 8.11. The average Bonchev–Trinajstić information content (AvgIpc) is 2.60. The zero-order chi connectivity index (χ0) is 22.5. The van der Waals surface area contributed by atoms with Crippen molar-refractivity contribution in [3.8, 4) is 5.75 Å². The molecule has 0 aliphatic rings. The van der Waals surface area contributed by atoms with Crippen LogP contribution in [0.15, 0.2) is 18.2 Å². The number of carbonyl (C=O) groups excluding carboxylic acids is 1. The Labute approximate surface area is 165 Å². The van der Waals surface area contributed by atoms with E-state index in [1.54, 1.807) is 0 Å². The van der Waals surface area contributed by atoms with Crippen LogP contribution in [0, 0.1) is 10.1 Å².